The largest absolute Gasteiger partial charge is 0.339 e. The van der Waals surface area contributed by atoms with Gasteiger partial charge in [0.2, 0.25) is 15.9 Å². The van der Waals surface area contributed by atoms with E-state index in [1.54, 1.807) is 18.2 Å². The number of piperidine rings is 2. The van der Waals surface area contributed by atoms with Crippen LogP contribution in [0, 0.1) is 17.8 Å². The average Bonchev–Trinajstić information content (AvgIpc) is 3.23. The van der Waals surface area contributed by atoms with Crippen molar-refractivity contribution in [1.29, 1.82) is 0 Å². The van der Waals surface area contributed by atoms with Gasteiger partial charge in [-0.25, -0.2) is 12.7 Å². The third-order valence-corrected chi connectivity index (χ3v) is 11.1. The van der Waals surface area contributed by atoms with Crippen molar-refractivity contribution in [3.05, 3.63) is 11.0 Å². The molecular weight excluding hydrogens is 404 g/mol. The number of likely N-dealkylation sites (tertiary alicyclic amines) is 1. The highest BCUT2D eigenvalue weighted by Gasteiger charge is 2.39. The number of allylic oxidation sites excluding steroid dienone is 1. The van der Waals surface area contributed by atoms with Crippen LogP contribution in [0.5, 0.6) is 0 Å². The molecule has 3 aliphatic heterocycles. The van der Waals surface area contributed by atoms with Crippen molar-refractivity contribution in [3.8, 4) is 0 Å². The minimum absolute atomic E-state index is 0.0214. The first-order valence-electron chi connectivity index (χ1n) is 11.5. The molecule has 3 fully saturated rings. The monoisotopic (exact) mass is 440 g/mol. The number of thioether (sulfide) groups is 1. The quantitative estimate of drug-likeness (QED) is 0.666. The van der Waals surface area contributed by atoms with Crippen LogP contribution >= 0.6 is 11.8 Å². The van der Waals surface area contributed by atoms with Gasteiger partial charge >= 0.3 is 0 Å². The van der Waals surface area contributed by atoms with E-state index >= 15 is 0 Å². The molecule has 1 saturated carbocycles. The third kappa shape index (κ3) is 4.42. The molecule has 0 bridgehead atoms. The maximum absolute atomic E-state index is 13.3. The van der Waals surface area contributed by atoms with Gasteiger partial charge in [0.1, 0.15) is 0 Å². The Morgan fingerprint density at radius 3 is 2.45 bits per heavy atom. The summed E-state index contributed by atoms with van der Waals surface area (Å²) in [5, 5.41) is -0.353. The topological polar surface area (TPSA) is 57.7 Å². The lowest BCUT2D eigenvalue weighted by Crippen LogP contribution is -2.51. The van der Waals surface area contributed by atoms with Crippen LogP contribution in [0.2, 0.25) is 0 Å². The van der Waals surface area contributed by atoms with Gasteiger partial charge in [0.15, 0.2) is 0 Å². The van der Waals surface area contributed by atoms with Gasteiger partial charge in [-0.05, 0) is 69.1 Å². The molecule has 4 rings (SSSR count). The number of fused-ring (bicyclic) bond motifs is 1. The van der Waals surface area contributed by atoms with Gasteiger partial charge in [0.25, 0.3) is 0 Å². The van der Waals surface area contributed by atoms with E-state index in [-0.39, 0.29) is 11.2 Å². The predicted molar refractivity (Wildman–Crippen MR) is 119 cm³/mol. The summed E-state index contributed by atoms with van der Waals surface area (Å²) in [6, 6.07) is 0.483. The lowest BCUT2D eigenvalue weighted by Gasteiger charge is -2.44. The number of rotatable bonds is 4. The summed E-state index contributed by atoms with van der Waals surface area (Å²) in [5.41, 5.74) is 0. The van der Waals surface area contributed by atoms with Crippen LogP contribution in [0.1, 0.15) is 65.2 Å². The Hall–Kier alpha value is -0.530. The molecule has 2 saturated heterocycles. The van der Waals surface area contributed by atoms with Gasteiger partial charge in [-0.1, -0.05) is 18.9 Å². The molecule has 3 unspecified atom stereocenters. The number of carbonyl (C=O) groups excluding carboxylic acids is 1. The summed E-state index contributed by atoms with van der Waals surface area (Å²) in [4.78, 5) is 16.9. The minimum Gasteiger partial charge on any atom is -0.339 e. The van der Waals surface area contributed by atoms with Gasteiger partial charge < -0.3 is 4.90 Å². The van der Waals surface area contributed by atoms with Crippen LogP contribution < -0.4 is 0 Å². The van der Waals surface area contributed by atoms with Crippen LogP contribution in [0.25, 0.3) is 0 Å². The Morgan fingerprint density at radius 1 is 1.03 bits per heavy atom. The lowest BCUT2D eigenvalue weighted by molar-refractivity contribution is -0.139. The molecule has 0 N–H and O–H groups in total. The Balaban J connectivity index is 1.36. The second kappa shape index (κ2) is 8.91. The molecular formula is C22H36N2O3S2. The molecule has 29 heavy (non-hydrogen) atoms. The fourth-order valence-corrected chi connectivity index (χ4v) is 8.34. The Labute approximate surface area is 180 Å². The number of hydrogen-bond acceptors (Lipinski definition) is 4. The van der Waals surface area contributed by atoms with E-state index < -0.39 is 10.0 Å². The number of carbonyl (C=O) groups is 1. The van der Waals surface area contributed by atoms with Gasteiger partial charge in [-0.15, -0.1) is 11.8 Å². The van der Waals surface area contributed by atoms with E-state index in [0.29, 0.717) is 31.0 Å². The normalized spacial score (nSPS) is 32.3. The molecule has 0 radical (unpaired) electrons. The maximum atomic E-state index is 13.3. The fourth-order valence-electron chi connectivity index (χ4n) is 5.68. The fraction of sp³-hybridized carbons (Fsp3) is 0.864. The molecule has 164 valence electrons. The number of amides is 1. The van der Waals surface area contributed by atoms with E-state index in [0.717, 1.165) is 37.5 Å². The van der Waals surface area contributed by atoms with E-state index in [9.17, 15) is 13.2 Å². The van der Waals surface area contributed by atoms with Gasteiger partial charge in [0, 0.05) is 31.4 Å². The summed E-state index contributed by atoms with van der Waals surface area (Å²) in [5.74, 6) is 2.38. The molecule has 5 nitrogen and oxygen atoms in total. The Kier molecular flexibility index (Phi) is 6.67. The van der Waals surface area contributed by atoms with Crippen LogP contribution in [-0.2, 0) is 14.8 Å². The van der Waals surface area contributed by atoms with Crippen molar-refractivity contribution in [2.75, 3.05) is 25.4 Å². The summed E-state index contributed by atoms with van der Waals surface area (Å²) in [6.07, 6.45) is 11.5. The van der Waals surface area contributed by atoms with Crippen molar-refractivity contribution in [2.45, 2.75) is 76.5 Å². The van der Waals surface area contributed by atoms with Crippen molar-refractivity contribution >= 4 is 27.7 Å². The maximum Gasteiger partial charge on any atom is 0.230 e. The molecule has 0 spiro atoms. The van der Waals surface area contributed by atoms with Gasteiger partial charge in [0.05, 0.1) is 11.2 Å². The Bertz CT molecular complexity index is 739. The minimum atomic E-state index is -3.15. The zero-order chi connectivity index (χ0) is 20.6. The predicted octanol–water partition coefficient (Wildman–Crippen LogP) is 3.86. The van der Waals surface area contributed by atoms with Crippen molar-refractivity contribution in [2.24, 2.45) is 17.8 Å². The number of nitrogens with zero attached hydrogens (tertiary/aromatic N) is 2. The molecule has 3 atom stereocenters. The second-order valence-corrected chi connectivity index (χ2v) is 13.1. The summed E-state index contributed by atoms with van der Waals surface area (Å²) < 4.78 is 26.5. The van der Waals surface area contributed by atoms with Crippen molar-refractivity contribution < 1.29 is 13.2 Å². The van der Waals surface area contributed by atoms with E-state index in [1.807, 2.05) is 11.8 Å². The standard InChI is InChI=1S/C22H36N2O3S2/c1-16(2)29(26,27)23-12-9-18(10-13-23)21-14-19(15-28-21)22(25)24-11-5-7-17-6-3-4-8-20(17)24/h14,16-20H,3-13,15H2,1-2H3. The molecule has 3 heterocycles. The zero-order valence-electron chi connectivity index (χ0n) is 17.9. The molecule has 1 amide bonds. The summed E-state index contributed by atoms with van der Waals surface area (Å²) in [7, 11) is -3.15. The third-order valence-electron chi connectivity index (χ3n) is 7.45. The smallest absolute Gasteiger partial charge is 0.230 e. The molecule has 0 aromatic carbocycles. The number of sulfonamides is 1. The van der Waals surface area contributed by atoms with Crippen molar-refractivity contribution in [1.82, 2.24) is 9.21 Å². The number of hydrogen-bond donors (Lipinski definition) is 0. The average molecular weight is 441 g/mol. The Morgan fingerprint density at radius 2 is 1.72 bits per heavy atom. The highest BCUT2D eigenvalue weighted by molar-refractivity contribution is 8.03. The lowest BCUT2D eigenvalue weighted by atomic mass is 9.78. The molecule has 7 heteroatoms. The first-order valence-corrected chi connectivity index (χ1v) is 14.0. The molecule has 0 aromatic rings. The van der Waals surface area contributed by atoms with E-state index in [1.165, 1.54) is 37.0 Å². The van der Waals surface area contributed by atoms with Gasteiger partial charge in [-0.2, -0.15) is 0 Å². The molecule has 4 aliphatic rings. The van der Waals surface area contributed by atoms with E-state index in [4.69, 9.17) is 0 Å². The van der Waals surface area contributed by atoms with Crippen LogP contribution in [0.15, 0.2) is 11.0 Å². The second-order valence-electron chi connectivity index (χ2n) is 9.54. The molecule has 1 aliphatic carbocycles. The highest BCUT2D eigenvalue weighted by atomic mass is 32.2. The van der Waals surface area contributed by atoms with Crippen LogP contribution in [0.3, 0.4) is 0 Å². The van der Waals surface area contributed by atoms with Crippen molar-refractivity contribution in [3.63, 3.8) is 0 Å². The van der Waals surface area contributed by atoms with Crippen LogP contribution in [0.4, 0.5) is 0 Å². The zero-order valence-corrected chi connectivity index (χ0v) is 19.5. The van der Waals surface area contributed by atoms with Crippen LogP contribution in [-0.4, -0.2) is 60.2 Å². The molecule has 0 aromatic heterocycles. The summed E-state index contributed by atoms with van der Waals surface area (Å²) >= 11 is 1.84. The van der Waals surface area contributed by atoms with E-state index in [2.05, 4.69) is 11.0 Å². The first kappa shape index (κ1) is 21.7. The SMILES string of the molecule is CC(C)S(=O)(=O)N1CCC(C2=CC(C(=O)N3CCCC4CCCCC43)CS2)CC1. The van der Waals surface area contributed by atoms with Gasteiger partial charge in [-0.3, -0.25) is 4.79 Å². The first-order chi connectivity index (χ1) is 13.9. The highest BCUT2D eigenvalue weighted by Crippen LogP contribution is 2.42. The summed E-state index contributed by atoms with van der Waals surface area (Å²) in [6.45, 7) is 5.67.